The van der Waals surface area contributed by atoms with E-state index in [0.717, 1.165) is 17.9 Å². The third-order valence-corrected chi connectivity index (χ3v) is 3.37. The Morgan fingerprint density at radius 3 is 2.25 bits per heavy atom. The zero-order valence-corrected chi connectivity index (χ0v) is 12.7. The highest BCUT2D eigenvalue weighted by Gasteiger charge is 2.13. The highest BCUT2D eigenvalue weighted by atomic mass is 35.5. The topological polar surface area (TPSA) is 12.5 Å². The summed E-state index contributed by atoms with van der Waals surface area (Å²) in [7, 11) is 3.83. The van der Waals surface area contributed by atoms with Crippen molar-refractivity contribution in [2.24, 2.45) is 0 Å². The van der Waals surface area contributed by atoms with Crippen molar-refractivity contribution < 1.29 is 4.84 Å². The maximum absolute atomic E-state index is 5.91. The fourth-order valence-electron chi connectivity index (χ4n) is 2.15. The SMILES string of the molecule is CN(C)OC(CCc1ccc(Cl)cc1)c1ccccc1. The molecule has 0 heterocycles. The summed E-state index contributed by atoms with van der Waals surface area (Å²) in [5.74, 6) is 0. The molecule has 106 valence electrons. The minimum atomic E-state index is 0.0712. The summed E-state index contributed by atoms with van der Waals surface area (Å²) in [5, 5.41) is 2.54. The number of nitrogens with zero attached hydrogens (tertiary/aromatic N) is 1. The van der Waals surface area contributed by atoms with Crippen molar-refractivity contribution in [2.75, 3.05) is 14.1 Å². The molecule has 1 unspecified atom stereocenters. The summed E-state index contributed by atoms with van der Waals surface area (Å²) in [6, 6.07) is 18.3. The molecule has 0 saturated carbocycles. The Kier molecular flexibility index (Phi) is 5.60. The fourth-order valence-corrected chi connectivity index (χ4v) is 2.28. The molecule has 0 aliphatic heterocycles. The molecule has 2 aromatic carbocycles. The van der Waals surface area contributed by atoms with E-state index >= 15 is 0 Å². The van der Waals surface area contributed by atoms with E-state index < -0.39 is 0 Å². The minimum absolute atomic E-state index is 0.0712. The quantitative estimate of drug-likeness (QED) is 0.726. The number of rotatable bonds is 6. The van der Waals surface area contributed by atoms with Gasteiger partial charge in [0, 0.05) is 19.1 Å². The van der Waals surface area contributed by atoms with Gasteiger partial charge in [0.05, 0.1) is 0 Å². The second-order valence-corrected chi connectivity index (χ2v) is 5.42. The zero-order chi connectivity index (χ0) is 14.4. The van der Waals surface area contributed by atoms with E-state index in [2.05, 4.69) is 24.3 Å². The van der Waals surface area contributed by atoms with Crippen LogP contribution in [0.3, 0.4) is 0 Å². The predicted octanol–water partition coefficient (Wildman–Crippen LogP) is 4.51. The Hall–Kier alpha value is -1.35. The van der Waals surface area contributed by atoms with Crippen molar-refractivity contribution in [1.82, 2.24) is 5.06 Å². The van der Waals surface area contributed by atoms with Crippen LogP contribution in [0.1, 0.15) is 23.7 Å². The van der Waals surface area contributed by atoms with Crippen LogP contribution in [0.4, 0.5) is 0 Å². The van der Waals surface area contributed by atoms with E-state index in [1.54, 1.807) is 5.06 Å². The Labute approximate surface area is 125 Å². The molecule has 20 heavy (non-hydrogen) atoms. The highest BCUT2D eigenvalue weighted by Crippen LogP contribution is 2.24. The number of hydrogen-bond acceptors (Lipinski definition) is 2. The predicted molar refractivity (Wildman–Crippen MR) is 83.7 cm³/mol. The van der Waals surface area contributed by atoms with Crippen molar-refractivity contribution in [3.8, 4) is 0 Å². The summed E-state index contributed by atoms with van der Waals surface area (Å²) in [5.41, 5.74) is 2.48. The van der Waals surface area contributed by atoms with Gasteiger partial charge in [-0.3, -0.25) is 4.84 Å². The third kappa shape index (κ3) is 4.64. The third-order valence-electron chi connectivity index (χ3n) is 3.12. The van der Waals surface area contributed by atoms with E-state index in [9.17, 15) is 0 Å². The molecule has 0 fully saturated rings. The lowest BCUT2D eigenvalue weighted by Gasteiger charge is -2.22. The molecule has 0 aliphatic carbocycles. The standard InChI is InChI=1S/C17H20ClNO/c1-19(2)20-17(15-6-4-3-5-7-15)13-10-14-8-11-16(18)12-9-14/h3-9,11-12,17H,10,13H2,1-2H3. The van der Waals surface area contributed by atoms with Crippen LogP contribution in [-0.4, -0.2) is 19.2 Å². The van der Waals surface area contributed by atoms with Crippen molar-refractivity contribution >= 4 is 11.6 Å². The molecule has 0 amide bonds. The molecule has 0 N–H and O–H groups in total. The molecule has 2 nitrogen and oxygen atoms in total. The Morgan fingerprint density at radius 2 is 1.65 bits per heavy atom. The van der Waals surface area contributed by atoms with Crippen molar-refractivity contribution in [3.05, 3.63) is 70.7 Å². The lowest BCUT2D eigenvalue weighted by atomic mass is 10.0. The Bertz CT molecular complexity index is 510. The van der Waals surface area contributed by atoms with Gasteiger partial charge in [-0.1, -0.05) is 54.1 Å². The smallest absolute Gasteiger partial charge is 0.105 e. The molecule has 0 bridgehead atoms. The van der Waals surface area contributed by atoms with Gasteiger partial charge in [-0.05, 0) is 36.1 Å². The van der Waals surface area contributed by atoms with Crippen molar-refractivity contribution in [1.29, 1.82) is 0 Å². The monoisotopic (exact) mass is 289 g/mol. The van der Waals surface area contributed by atoms with Gasteiger partial charge in [-0.25, -0.2) is 0 Å². The van der Waals surface area contributed by atoms with Gasteiger partial charge in [0.2, 0.25) is 0 Å². The second-order valence-electron chi connectivity index (χ2n) is 4.98. The molecular formula is C17H20ClNO. The first-order valence-electron chi connectivity index (χ1n) is 6.78. The van der Waals surface area contributed by atoms with Crippen molar-refractivity contribution in [3.63, 3.8) is 0 Å². The average Bonchev–Trinajstić information content (AvgIpc) is 2.46. The molecule has 1 atom stereocenters. The summed E-state index contributed by atoms with van der Waals surface area (Å²) in [6.07, 6.45) is 1.97. The van der Waals surface area contributed by atoms with Gasteiger partial charge in [-0.2, -0.15) is 5.06 Å². The number of halogens is 1. The van der Waals surface area contributed by atoms with E-state index in [0.29, 0.717) is 0 Å². The van der Waals surface area contributed by atoms with E-state index in [4.69, 9.17) is 16.4 Å². The van der Waals surface area contributed by atoms with Crippen LogP contribution in [0.5, 0.6) is 0 Å². The van der Waals surface area contributed by atoms with Crippen LogP contribution in [0.15, 0.2) is 54.6 Å². The zero-order valence-electron chi connectivity index (χ0n) is 11.9. The first kappa shape index (κ1) is 15.0. The van der Waals surface area contributed by atoms with E-state index in [1.165, 1.54) is 11.1 Å². The molecule has 0 radical (unpaired) electrons. The second kappa shape index (κ2) is 7.44. The lowest BCUT2D eigenvalue weighted by Crippen LogP contribution is -2.18. The van der Waals surface area contributed by atoms with Crippen LogP contribution in [0, 0.1) is 0 Å². The molecule has 0 aromatic heterocycles. The number of aryl methyl sites for hydroxylation is 1. The first-order chi connectivity index (χ1) is 9.65. The normalized spacial score (nSPS) is 12.6. The summed E-state index contributed by atoms with van der Waals surface area (Å²) >= 11 is 5.91. The maximum Gasteiger partial charge on any atom is 0.105 e. The fraction of sp³-hybridized carbons (Fsp3) is 0.294. The summed E-state index contributed by atoms with van der Waals surface area (Å²) in [6.45, 7) is 0. The molecule has 3 heteroatoms. The van der Waals surface area contributed by atoms with E-state index in [-0.39, 0.29) is 6.10 Å². The van der Waals surface area contributed by atoms with E-state index in [1.807, 2.05) is 44.4 Å². The Morgan fingerprint density at radius 1 is 1.00 bits per heavy atom. The van der Waals surface area contributed by atoms with Gasteiger partial charge >= 0.3 is 0 Å². The molecule has 0 aliphatic rings. The maximum atomic E-state index is 5.91. The highest BCUT2D eigenvalue weighted by molar-refractivity contribution is 6.30. The van der Waals surface area contributed by atoms with Gasteiger partial charge in [0.15, 0.2) is 0 Å². The minimum Gasteiger partial charge on any atom is -0.291 e. The molecule has 0 spiro atoms. The van der Waals surface area contributed by atoms with Crippen LogP contribution < -0.4 is 0 Å². The van der Waals surface area contributed by atoms with Gasteiger partial charge in [0.1, 0.15) is 6.10 Å². The Balaban J connectivity index is 2.03. The average molecular weight is 290 g/mol. The first-order valence-corrected chi connectivity index (χ1v) is 7.16. The summed E-state index contributed by atoms with van der Waals surface area (Å²) in [4.78, 5) is 5.89. The van der Waals surface area contributed by atoms with Crippen LogP contribution in [0.2, 0.25) is 5.02 Å². The molecule has 0 saturated heterocycles. The van der Waals surface area contributed by atoms with Crippen LogP contribution in [-0.2, 0) is 11.3 Å². The number of hydrogen-bond donors (Lipinski definition) is 0. The van der Waals surface area contributed by atoms with Gasteiger partial charge in [0.25, 0.3) is 0 Å². The van der Waals surface area contributed by atoms with Gasteiger partial charge in [-0.15, -0.1) is 0 Å². The largest absolute Gasteiger partial charge is 0.291 e. The van der Waals surface area contributed by atoms with Crippen LogP contribution in [0.25, 0.3) is 0 Å². The lowest BCUT2D eigenvalue weighted by molar-refractivity contribution is -0.169. The molecule has 2 aromatic rings. The van der Waals surface area contributed by atoms with Gasteiger partial charge < -0.3 is 0 Å². The molecular weight excluding hydrogens is 270 g/mol. The number of benzene rings is 2. The van der Waals surface area contributed by atoms with Crippen molar-refractivity contribution in [2.45, 2.75) is 18.9 Å². The van der Waals surface area contributed by atoms with Crippen LogP contribution >= 0.6 is 11.6 Å². The number of hydroxylamine groups is 2. The summed E-state index contributed by atoms with van der Waals surface area (Å²) < 4.78 is 0. The molecule has 2 rings (SSSR count).